The van der Waals surface area contributed by atoms with Crippen LogP contribution < -0.4 is 5.32 Å². The minimum absolute atomic E-state index is 0.125. The lowest BCUT2D eigenvalue weighted by atomic mass is 10.1. The Bertz CT molecular complexity index is 514. The predicted octanol–water partition coefficient (Wildman–Crippen LogP) is 3.32. The van der Waals surface area contributed by atoms with Crippen molar-refractivity contribution in [3.05, 3.63) is 54.0 Å². The number of nitrogens with one attached hydrogen (secondary N) is 1. The molecular formula is C13H13F2N3. The lowest BCUT2D eigenvalue weighted by Crippen LogP contribution is -2.12. The van der Waals surface area contributed by atoms with E-state index in [1.165, 1.54) is 18.3 Å². The molecule has 0 bridgehead atoms. The van der Waals surface area contributed by atoms with Crippen molar-refractivity contribution in [1.82, 2.24) is 9.97 Å². The maximum absolute atomic E-state index is 13.0. The van der Waals surface area contributed by atoms with Crippen molar-refractivity contribution in [2.24, 2.45) is 0 Å². The number of halogens is 2. The summed E-state index contributed by atoms with van der Waals surface area (Å²) in [5, 5.41) is 3.07. The fourth-order valence-electron chi connectivity index (χ4n) is 1.65. The van der Waals surface area contributed by atoms with Crippen LogP contribution in [0.1, 0.15) is 25.1 Å². The van der Waals surface area contributed by atoms with Crippen molar-refractivity contribution in [3.8, 4) is 0 Å². The summed E-state index contributed by atoms with van der Waals surface area (Å²) in [6.07, 6.45) is 1.90. The van der Waals surface area contributed by atoms with Crippen LogP contribution in [0.15, 0.2) is 36.5 Å². The van der Waals surface area contributed by atoms with Gasteiger partial charge >= 0.3 is 0 Å². The molecule has 0 aliphatic heterocycles. The van der Waals surface area contributed by atoms with Crippen molar-refractivity contribution in [3.63, 3.8) is 0 Å². The molecule has 1 N–H and O–H groups in total. The van der Waals surface area contributed by atoms with Crippen LogP contribution in [0.5, 0.6) is 0 Å². The Morgan fingerprint density at radius 2 is 2.06 bits per heavy atom. The molecule has 94 valence electrons. The van der Waals surface area contributed by atoms with Gasteiger partial charge in [-0.25, -0.2) is 9.37 Å². The number of pyridine rings is 2. The van der Waals surface area contributed by atoms with Crippen LogP contribution in [0.4, 0.5) is 14.6 Å². The molecule has 1 atom stereocenters. The second-order valence-corrected chi connectivity index (χ2v) is 3.85. The molecule has 2 aromatic heterocycles. The van der Waals surface area contributed by atoms with E-state index in [0.29, 0.717) is 11.5 Å². The molecule has 5 heteroatoms. The van der Waals surface area contributed by atoms with Gasteiger partial charge in [-0.15, -0.1) is 0 Å². The normalized spacial score (nSPS) is 12.2. The first-order valence-electron chi connectivity index (χ1n) is 5.69. The topological polar surface area (TPSA) is 37.8 Å². The second-order valence-electron chi connectivity index (χ2n) is 3.85. The molecule has 0 amide bonds. The fourth-order valence-corrected chi connectivity index (χ4v) is 1.65. The number of nitrogens with zero attached hydrogens (tertiary/aromatic N) is 2. The Labute approximate surface area is 104 Å². The monoisotopic (exact) mass is 249 g/mol. The van der Waals surface area contributed by atoms with E-state index in [1.54, 1.807) is 18.2 Å². The summed E-state index contributed by atoms with van der Waals surface area (Å²) in [6, 6.07) is 7.37. The maximum Gasteiger partial charge on any atom is 0.214 e. The van der Waals surface area contributed by atoms with Crippen LogP contribution in [-0.2, 0) is 0 Å². The van der Waals surface area contributed by atoms with Gasteiger partial charge in [0.25, 0.3) is 0 Å². The molecule has 2 heterocycles. The SMILES string of the molecule is CCC(Nc1cccc(F)n1)c1ccc(F)cn1. The van der Waals surface area contributed by atoms with Gasteiger partial charge in [-0.2, -0.15) is 4.39 Å². The Balaban J connectivity index is 2.17. The molecule has 2 rings (SSSR count). The highest BCUT2D eigenvalue weighted by Gasteiger charge is 2.11. The van der Waals surface area contributed by atoms with E-state index < -0.39 is 5.95 Å². The number of hydrogen-bond donors (Lipinski definition) is 1. The summed E-state index contributed by atoms with van der Waals surface area (Å²) in [6.45, 7) is 1.96. The van der Waals surface area contributed by atoms with Crippen LogP contribution in [0.3, 0.4) is 0 Å². The van der Waals surface area contributed by atoms with Gasteiger partial charge in [-0.3, -0.25) is 4.98 Å². The first-order chi connectivity index (χ1) is 8.69. The van der Waals surface area contributed by atoms with Crippen LogP contribution in [0, 0.1) is 11.8 Å². The summed E-state index contributed by atoms with van der Waals surface area (Å²) in [5.74, 6) is -0.479. The average molecular weight is 249 g/mol. The van der Waals surface area contributed by atoms with Crippen molar-refractivity contribution in [1.29, 1.82) is 0 Å². The summed E-state index contributed by atoms with van der Waals surface area (Å²) < 4.78 is 25.7. The minimum Gasteiger partial charge on any atom is -0.362 e. The summed E-state index contributed by atoms with van der Waals surface area (Å²) in [5.41, 5.74) is 0.699. The van der Waals surface area contributed by atoms with Gasteiger partial charge in [0.15, 0.2) is 0 Å². The second kappa shape index (κ2) is 5.53. The molecule has 3 nitrogen and oxygen atoms in total. The first kappa shape index (κ1) is 12.4. The minimum atomic E-state index is -0.540. The Morgan fingerprint density at radius 3 is 2.67 bits per heavy atom. The molecule has 0 aliphatic carbocycles. The number of anilines is 1. The van der Waals surface area contributed by atoms with E-state index in [9.17, 15) is 8.78 Å². The summed E-state index contributed by atoms with van der Waals surface area (Å²) in [4.78, 5) is 7.73. The predicted molar refractivity (Wildman–Crippen MR) is 65.0 cm³/mol. The van der Waals surface area contributed by atoms with E-state index in [4.69, 9.17) is 0 Å². The average Bonchev–Trinajstić information content (AvgIpc) is 2.37. The zero-order chi connectivity index (χ0) is 13.0. The van der Waals surface area contributed by atoms with E-state index >= 15 is 0 Å². The third kappa shape index (κ3) is 3.00. The van der Waals surface area contributed by atoms with E-state index in [2.05, 4.69) is 15.3 Å². The van der Waals surface area contributed by atoms with Gasteiger partial charge in [-0.05, 0) is 30.7 Å². The molecule has 0 aliphatic rings. The Kier molecular flexibility index (Phi) is 3.82. The molecule has 1 unspecified atom stereocenters. The molecule has 18 heavy (non-hydrogen) atoms. The Hall–Kier alpha value is -2.04. The maximum atomic E-state index is 13.0. The third-order valence-electron chi connectivity index (χ3n) is 2.55. The van der Waals surface area contributed by atoms with E-state index in [-0.39, 0.29) is 11.9 Å². The van der Waals surface area contributed by atoms with Crippen LogP contribution in [-0.4, -0.2) is 9.97 Å². The van der Waals surface area contributed by atoms with Gasteiger partial charge in [0.2, 0.25) is 5.95 Å². The third-order valence-corrected chi connectivity index (χ3v) is 2.55. The summed E-state index contributed by atoms with van der Waals surface area (Å²) in [7, 11) is 0. The molecule has 0 saturated heterocycles. The van der Waals surface area contributed by atoms with Crippen LogP contribution in [0.2, 0.25) is 0 Å². The van der Waals surface area contributed by atoms with Crippen molar-refractivity contribution >= 4 is 5.82 Å². The number of hydrogen-bond acceptors (Lipinski definition) is 3. The highest BCUT2D eigenvalue weighted by atomic mass is 19.1. The summed E-state index contributed by atoms with van der Waals surface area (Å²) >= 11 is 0. The largest absolute Gasteiger partial charge is 0.362 e. The first-order valence-corrected chi connectivity index (χ1v) is 5.69. The van der Waals surface area contributed by atoms with E-state index in [0.717, 1.165) is 6.42 Å². The molecule has 0 aromatic carbocycles. The van der Waals surface area contributed by atoms with Gasteiger partial charge in [0, 0.05) is 0 Å². The highest BCUT2D eigenvalue weighted by Crippen LogP contribution is 2.19. The molecule has 0 spiro atoms. The highest BCUT2D eigenvalue weighted by molar-refractivity contribution is 5.36. The molecule has 2 aromatic rings. The van der Waals surface area contributed by atoms with E-state index in [1.807, 2.05) is 6.92 Å². The van der Waals surface area contributed by atoms with Crippen LogP contribution >= 0.6 is 0 Å². The number of rotatable bonds is 4. The Morgan fingerprint density at radius 1 is 1.22 bits per heavy atom. The lowest BCUT2D eigenvalue weighted by molar-refractivity contribution is 0.582. The van der Waals surface area contributed by atoms with Crippen molar-refractivity contribution in [2.45, 2.75) is 19.4 Å². The van der Waals surface area contributed by atoms with Gasteiger partial charge in [-0.1, -0.05) is 13.0 Å². The number of aromatic nitrogens is 2. The standard InChI is InChI=1S/C13H13F2N3/c1-2-10(11-7-6-9(14)8-16-11)17-13-5-3-4-12(15)18-13/h3-8,10H,2H2,1H3,(H,17,18). The zero-order valence-corrected chi connectivity index (χ0v) is 9.90. The quantitative estimate of drug-likeness (QED) is 0.845. The molecule has 0 saturated carbocycles. The van der Waals surface area contributed by atoms with Gasteiger partial charge in [0.05, 0.1) is 17.9 Å². The zero-order valence-electron chi connectivity index (χ0n) is 9.90. The molecule has 0 radical (unpaired) electrons. The molecule has 0 fully saturated rings. The molecular weight excluding hydrogens is 236 g/mol. The van der Waals surface area contributed by atoms with Crippen molar-refractivity contribution in [2.75, 3.05) is 5.32 Å². The fraction of sp³-hybridized carbons (Fsp3) is 0.231. The van der Waals surface area contributed by atoms with Crippen molar-refractivity contribution < 1.29 is 8.78 Å². The van der Waals surface area contributed by atoms with Gasteiger partial charge in [0.1, 0.15) is 11.6 Å². The smallest absolute Gasteiger partial charge is 0.214 e. The van der Waals surface area contributed by atoms with Gasteiger partial charge < -0.3 is 5.32 Å². The van der Waals surface area contributed by atoms with Crippen LogP contribution in [0.25, 0.3) is 0 Å². The lowest BCUT2D eigenvalue weighted by Gasteiger charge is -2.16.